The van der Waals surface area contributed by atoms with Crippen LogP contribution in [0.25, 0.3) is 0 Å². The maximum atomic E-state index is 6.18. The molecule has 0 radical (unpaired) electrons. The van der Waals surface area contributed by atoms with Gasteiger partial charge in [0.15, 0.2) is 5.82 Å². The maximum Gasteiger partial charge on any atom is 0.151 e. The second kappa shape index (κ2) is 6.66. The van der Waals surface area contributed by atoms with Crippen LogP contribution in [-0.4, -0.2) is 11.5 Å². The highest BCUT2D eigenvalue weighted by Crippen LogP contribution is 2.31. The molecule has 0 unspecified atom stereocenters. The number of aromatic nitrogens is 1. The summed E-state index contributed by atoms with van der Waals surface area (Å²) in [5.41, 5.74) is 2.05. The fraction of sp³-hybridized carbons (Fsp3) is 0.214. The Kier molecular flexibility index (Phi) is 5.13. The number of hydrogen-bond donors (Lipinski definition) is 2. The average Bonchev–Trinajstić information content (AvgIpc) is 2.39. The summed E-state index contributed by atoms with van der Waals surface area (Å²) in [5, 5.41) is 7.30. The van der Waals surface area contributed by atoms with Gasteiger partial charge in [0, 0.05) is 16.7 Å². The Morgan fingerprint density at radius 2 is 1.85 bits per heavy atom. The van der Waals surface area contributed by atoms with Gasteiger partial charge in [-0.2, -0.15) is 0 Å². The SMILES string of the molecule is CCNc1nc(Nc2ccc(Br)c(C)c2)c(Cl)cc1Cl. The Bertz CT molecular complexity index is 632. The van der Waals surface area contributed by atoms with Gasteiger partial charge in [0.1, 0.15) is 5.82 Å². The highest BCUT2D eigenvalue weighted by Gasteiger charge is 2.09. The van der Waals surface area contributed by atoms with Gasteiger partial charge in [-0.25, -0.2) is 4.98 Å². The van der Waals surface area contributed by atoms with E-state index in [0.29, 0.717) is 21.7 Å². The number of pyridine rings is 1. The molecule has 0 atom stereocenters. The van der Waals surface area contributed by atoms with E-state index in [1.807, 2.05) is 32.0 Å². The topological polar surface area (TPSA) is 37.0 Å². The van der Waals surface area contributed by atoms with Crippen molar-refractivity contribution in [3.63, 3.8) is 0 Å². The lowest BCUT2D eigenvalue weighted by Gasteiger charge is -2.12. The molecule has 0 fully saturated rings. The monoisotopic (exact) mass is 373 g/mol. The van der Waals surface area contributed by atoms with Crippen molar-refractivity contribution in [2.45, 2.75) is 13.8 Å². The Balaban J connectivity index is 2.32. The zero-order valence-corrected chi connectivity index (χ0v) is 14.2. The minimum absolute atomic E-state index is 0.484. The van der Waals surface area contributed by atoms with Crippen LogP contribution in [0.5, 0.6) is 0 Å². The van der Waals surface area contributed by atoms with Crippen molar-refractivity contribution >= 4 is 56.5 Å². The van der Waals surface area contributed by atoms with Crippen LogP contribution in [0.3, 0.4) is 0 Å². The molecular weight excluding hydrogens is 361 g/mol. The zero-order valence-electron chi connectivity index (χ0n) is 11.1. The first-order valence-electron chi connectivity index (χ1n) is 6.14. The lowest BCUT2D eigenvalue weighted by atomic mass is 10.2. The van der Waals surface area contributed by atoms with Crippen LogP contribution in [0.2, 0.25) is 10.0 Å². The molecule has 0 aliphatic rings. The van der Waals surface area contributed by atoms with Crippen molar-refractivity contribution < 1.29 is 0 Å². The molecule has 1 aromatic carbocycles. The van der Waals surface area contributed by atoms with Gasteiger partial charge in [0.05, 0.1) is 10.0 Å². The first kappa shape index (κ1) is 15.4. The number of rotatable bonds is 4. The molecule has 3 nitrogen and oxygen atoms in total. The highest BCUT2D eigenvalue weighted by molar-refractivity contribution is 9.10. The van der Waals surface area contributed by atoms with Gasteiger partial charge >= 0.3 is 0 Å². The van der Waals surface area contributed by atoms with E-state index in [2.05, 4.69) is 31.5 Å². The predicted molar refractivity (Wildman–Crippen MR) is 90.6 cm³/mol. The summed E-state index contributed by atoms with van der Waals surface area (Å²) in [4.78, 5) is 4.41. The molecule has 0 saturated carbocycles. The van der Waals surface area contributed by atoms with E-state index in [1.165, 1.54) is 0 Å². The molecule has 20 heavy (non-hydrogen) atoms. The van der Waals surface area contributed by atoms with Crippen molar-refractivity contribution in [1.29, 1.82) is 0 Å². The van der Waals surface area contributed by atoms with Gasteiger partial charge in [-0.05, 0) is 43.7 Å². The number of nitrogens with zero attached hydrogens (tertiary/aromatic N) is 1. The lowest BCUT2D eigenvalue weighted by Crippen LogP contribution is -2.03. The summed E-state index contributed by atoms with van der Waals surface area (Å²) in [6, 6.07) is 7.63. The van der Waals surface area contributed by atoms with Gasteiger partial charge in [-0.1, -0.05) is 39.1 Å². The molecule has 0 amide bonds. The second-order valence-corrected chi connectivity index (χ2v) is 5.94. The molecule has 2 rings (SSSR count). The van der Waals surface area contributed by atoms with Crippen molar-refractivity contribution in [1.82, 2.24) is 4.98 Å². The van der Waals surface area contributed by atoms with E-state index in [9.17, 15) is 0 Å². The van der Waals surface area contributed by atoms with Gasteiger partial charge in [-0.3, -0.25) is 0 Å². The normalized spacial score (nSPS) is 10.4. The van der Waals surface area contributed by atoms with Gasteiger partial charge in [0.2, 0.25) is 0 Å². The standard InChI is InChI=1S/C14H14BrCl2N3/c1-3-18-13-11(16)7-12(17)14(20-13)19-9-4-5-10(15)8(2)6-9/h4-7H,3H2,1-2H3,(H2,18,19,20). The Hall–Kier alpha value is -0.970. The van der Waals surface area contributed by atoms with Crippen LogP contribution in [0, 0.1) is 6.92 Å². The number of hydrogen-bond acceptors (Lipinski definition) is 3. The molecule has 1 heterocycles. The average molecular weight is 375 g/mol. The van der Waals surface area contributed by atoms with E-state index in [0.717, 1.165) is 22.3 Å². The van der Waals surface area contributed by atoms with Crippen LogP contribution in [0.1, 0.15) is 12.5 Å². The van der Waals surface area contributed by atoms with Gasteiger partial charge < -0.3 is 10.6 Å². The quantitative estimate of drug-likeness (QED) is 0.727. The number of halogens is 3. The Labute approximate surface area is 136 Å². The molecule has 2 aromatic rings. The van der Waals surface area contributed by atoms with Crippen molar-refractivity contribution in [2.75, 3.05) is 17.2 Å². The molecule has 0 aliphatic carbocycles. The molecule has 1 aromatic heterocycles. The largest absolute Gasteiger partial charge is 0.369 e. The van der Waals surface area contributed by atoms with Crippen LogP contribution < -0.4 is 10.6 Å². The molecule has 0 spiro atoms. The van der Waals surface area contributed by atoms with Crippen LogP contribution in [-0.2, 0) is 0 Å². The molecule has 2 N–H and O–H groups in total. The highest BCUT2D eigenvalue weighted by atomic mass is 79.9. The first-order chi connectivity index (χ1) is 9.51. The third-order valence-corrected chi connectivity index (χ3v) is 4.16. The molecular formula is C14H14BrCl2N3. The van der Waals surface area contributed by atoms with Gasteiger partial charge in [0.25, 0.3) is 0 Å². The summed E-state index contributed by atoms with van der Waals surface area (Å²) >= 11 is 15.7. The maximum absolute atomic E-state index is 6.18. The second-order valence-electron chi connectivity index (χ2n) is 4.27. The fourth-order valence-corrected chi connectivity index (χ4v) is 2.42. The molecule has 0 aliphatic heterocycles. The number of anilines is 3. The summed E-state index contributed by atoms with van der Waals surface area (Å²) < 4.78 is 1.06. The van der Waals surface area contributed by atoms with Crippen molar-refractivity contribution in [3.8, 4) is 0 Å². The minimum Gasteiger partial charge on any atom is -0.369 e. The van der Waals surface area contributed by atoms with Gasteiger partial charge in [-0.15, -0.1) is 0 Å². The van der Waals surface area contributed by atoms with E-state index in [4.69, 9.17) is 23.2 Å². The third kappa shape index (κ3) is 3.57. The third-order valence-electron chi connectivity index (χ3n) is 2.69. The minimum atomic E-state index is 0.484. The van der Waals surface area contributed by atoms with Crippen LogP contribution >= 0.6 is 39.1 Å². The molecule has 6 heteroatoms. The number of benzene rings is 1. The summed E-state index contributed by atoms with van der Waals surface area (Å²) in [7, 11) is 0. The smallest absolute Gasteiger partial charge is 0.151 e. The first-order valence-corrected chi connectivity index (χ1v) is 7.69. The predicted octanol–water partition coefficient (Wildman–Crippen LogP) is 5.63. The summed E-state index contributed by atoms with van der Waals surface area (Å²) in [5.74, 6) is 1.20. The van der Waals surface area contributed by atoms with E-state index in [1.54, 1.807) is 6.07 Å². The lowest BCUT2D eigenvalue weighted by molar-refractivity contribution is 1.16. The number of aryl methyl sites for hydroxylation is 1. The Morgan fingerprint density at radius 1 is 1.15 bits per heavy atom. The van der Waals surface area contributed by atoms with Crippen LogP contribution in [0.4, 0.5) is 17.3 Å². The van der Waals surface area contributed by atoms with Crippen LogP contribution in [0.15, 0.2) is 28.7 Å². The van der Waals surface area contributed by atoms with E-state index in [-0.39, 0.29) is 0 Å². The van der Waals surface area contributed by atoms with E-state index < -0.39 is 0 Å². The molecule has 0 saturated heterocycles. The van der Waals surface area contributed by atoms with Crippen molar-refractivity contribution in [3.05, 3.63) is 44.3 Å². The fourth-order valence-electron chi connectivity index (χ4n) is 1.70. The summed E-state index contributed by atoms with van der Waals surface area (Å²) in [6.07, 6.45) is 0. The Morgan fingerprint density at radius 3 is 2.50 bits per heavy atom. The zero-order chi connectivity index (χ0) is 14.7. The van der Waals surface area contributed by atoms with Crippen molar-refractivity contribution in [2.24, 2.45) is 0 Å². The molecule has 0 bridgehead atoms. The van der Waals surface area contributed by atoms with E-state index >= 15 is 0 Å². The number of nitrogens with one attached hydrogen (secondary N) is 2. The molecule has 106 valence electrons. The summed E-state index contributed by atoms with van der Waals surface area (Å²) in [6.45, 7) is 4.75.